The van der Waals surface area contributed by atoms with Crippen molar-refractivity contribution in [1.29, 1.82) is 0 Å². The van der Waals surface area contributed by atoms with Crippen LogP contribution in [0.25, 0.3) is 0 Å². The summed E-state index contributed by atoms with van der Waals surface area (Å²) in [5.41, 5.74) is 0.658. The normalized spacial score (nSPS) is 14.2. The molecule has 0 spiro atoms. The smallest absolute Gasteiger partial charge is 0.409 e. The summed E-state index contributed by atoms with van der Waals surface area (Å²) in [5.74, 6) is -0.210. The van der Waals surface area contributed by atoms with E-state index < -0.39 is 0 Å². The van der Waals surface area contributed by atoms with Crippen molar-refractivity contribution in [1.82, 2.24) is 9.80 Å². The predicted molar refractivity (Wildman–Crippen MR) is 78.7 cm³/mol. The fourth-order valence-electron chi connectivity index (χ4n) is 2.28. The van der Waals surface area contributed by atoms with Crippen LogP contribution in [0.3, 0.4) is 0 Å². The van der Waals surface area contributed by atoms with Crippen molar-refractivity contribution in [2.24, 2.45) is 4.99 Å². The van der Waals surface area contributed by atoms with E-state index in [-0.39, 0.29) is 12.0 Å². The maximum Gasteiger partial charge on any atom is 0.409 e. The Bertz CT molecular complexity index is 603. The molecule has 2 rings (SSSR count). The lowest BCUT2D eigenvalue weighted by Crippen LogP contribution is -2.50. The van der Waals surface area contributed by atoms with Gasteiger partial charge in [0.15, 0.2) is 0 Å². The predicted octanol–water partition coefficient (Wildman–Crippen LogP) is 1.57. The molecular weight excluding hydrogens is 286 g/mol. The van der Waals surface area contributed by atoms with E-state index >= 15 is 0 Å². The van der Waals surface area contributed by atoms with Crippen LogP contribution >= 0.6 is 0 Å². The number of carbonyl (C=O) groups is 2. The molecule has 1 aromatic rings. The highest BCUT2D eigenvalue weighted by Gasteiger charge is 2.26. The number of isocyanates is 1. The van der Waals surface area contributed by atoms with Crippen molar-refractivity contribution in [3.8, 4) is 0 Å². The average molecular weight is 303 g/mol. The molecule has 22 heavy (non-hydrogen) atoms. The standard InChI is InChI=1S/C15H17N3O4/c1-2-22-15(21)18-9-7-17(8-10-18)14(20)12-5-3-4-6-13(12)16-11-19/h3-6H,2,7-10H2,1H3. The Hall–Kier alpha value is -2.66. The van der Waals surface area contributed by atoms with Gasteiger partial charge in [-0.05, 0) is 19.1 Å². The molecule has 0 atom stereocenters. The number of hydrogen-bond acceptors (Lipinski definition) is 5. The Morgan fingerprint density at radius 2 is 1.82 bits per heavy atom. The minimum atomic E-state index is -0.361. The number of aliphatic imine (C=N–C) groups is 1. The molecule has 7 heteroatoms. The number of nitrogens with zero attached hydrogens (tertiary/aromatic N) is 3. The molecule has 116 valence electrons. The highest BCUT2D eigenvalue weighted by molar-refractivity contribution is 5.99. The van der Waals surface area contributed by atoms with E-state index in [4.69, 9.17) is 4.74 Å². The number of benzene rings is 1. The third-order valence-corrected chi connectivity index (χ3v) is 3.39. The number of rotatable bonds is 3. The molecule has 0 radical (unpaired) electrons. The summed E-state index contributed by atoms with van der Waals surface area (Å²) in [6, 6.07) is 6.63. The molecule has 1 aliphatic rings. The van der Waals surface area contributed by atoms with Crippen molar-refractivity contribution in [3.05, 3.63) is 29.8 Å². The van der Waals surface area contributed by atoms with Crippen molar-refractivity contribution in [2.75, 3.05) is 32.8 Å². The summed E-state index contributed by atoms with van der Waals surface area (Å²) in [6.45, 7) is 3.75. The third-order valence-electron chi connectivity index (χ3n) is 3.39. The van der Waals surface area contributed by atoms with Gasteiger partial charge in [-0.1, -0.05) is 12.1 Å². The second kappa shape index (κ2) is 7.38. The highest BCUT2D eigenvalue weighted by atomic mass is 16.6. The number of amides is 2. The number of hydrogen-bond donors (Lipinski definition) is 0. The zero-order valence-corrected chi connectivity index (χ0v) is 12.3. The second-order valence-corrected chi connectivity index (χ2v) is 4.70. The monoisotopic (exact) mass is 303 g/mol. The van der Waals surface area contributed by atoms with Crippen LogP contribution in [0.2, 0.25) is 0 Å². The molecule has 7 nitrogen and oxygen atoms in total. The van der Waals surface area contributed by atoms with Crippen LogP contribution < -0.4 is 0 Å². The van der Waals surface area contributed by atoms with Crippen LogP contribution in [0.4, 0.5) is 10.5 Å². The molecule has 0 bridgehead atoms. The minimum Gasteiger partial charge on any atom is -0.450 e. The number of piperazine rings is 1. The first-order valence-corrected chi connectivity index (χ1v) is 7.05. The van der Waals surface area contributed by atoms with Crippen molar-refractivity contribution < 1.29 is 19.1 Å². The van der Waals surface area contributed by atoms with Gasteiger partial charge in [0.05, 0.1) is 17.9 Å². The first-order chi connectivity index (χ1) is 10.7. The van der Waals surface area contributed by atoms with Gasteiger partial charge in [0.25, 0.3) is 5.91 Å². The first-order valence-electron chi connectivity index (χ1n) is 7.05. The molecule has 1 heterocycles. The summed E-state index contributed by atoms with van der Waals surface area (Å²) in [7, 11) is 0. The molecule has 1 saturated heterocycles. The maximum absolute atomic E-state index is 12.5. The molecule has 0 aliphatic carbocycles. The van der Waals surface area contributed by atoms with Gasteiger partial charge in [-0.2, -0.15) is 4.99 Å². The van der Waals surface area contributed by atoms with Gasteiger partial charge in [0.1, 0.15) is 0 Å². The zero-order valence-electron chi connectivity index (χ0n) is 12.3. The molecule has 0 aromatic heterocycles. The Balaban J connectivity index is 2.04. The summed E-state index contributed by atoms with van der Waals surface area (Å²) >= 11 is 0. The number of ether oxygens (including phenoxy) is 1. The Labute approximate surface area is 128 Å². The van der Waals surface area contributed by atoms with Gasteiger partial charge < -0.3 is 14.5 Å². The van der Waals surface area contributed by atoms with E-state index in [0.29, 0.717) is 44.0 Å². The van der Waals surface area contributed by atoms with E-state index in [9.17, 15) is 14.4 Å². The molecule has 1 aliphatic heterocycles. The fourth-order valence-corrected chi connectivity index (χ4v) is 2.28. The lowest BCUT2D eigenvalue weighted by molar-refractivity contribution is 0.0571. The average Bonchev–Trinajstić information content (AvgIpc) is 2.55. The lowest BCUT2D eigenvalue weighted by atomic mass is 10.1. The van der Waals surface area contributed by atoms with Gasteiger partial charge in [0, 0.05) is 26.2 Å². The van der Waals surface area contributed by atoms with E-state index in [2.05, 4.69) is 4.99 Å². The van der Waals surface area contributed by atoms with Crippen molar-refractivity contribution in [2.45, 2.75) is 6.92 Å². The summed E-state index contributed by atoms with van der Waals surface area (Å²) in [5, 5.41) is 0. The SMILES string of the molecule is CCOC(=O)N1CCN(C(=O)c2ccccc2N=C=O)CC1. The number of carbonyl (C=O) groups excluding carboxylic acids is 3. The largest absolute Gasteiger partial charge is 0.450 e. The van der Waals surface area contributed by atoms with Gasteiger partial charge in [0.2, 0.25) is 6.08 Å². The second-order valence-electron chi connectivity index (χ2n) is 4.70. The minimum absolute atomic E-state index is 0.210. The highest BCUT2D eigenvalue weighted by Crippen LogP contribution is 2.20. The molecule has 0 unspecified atom stereocenters. The van der Waals surface area contributed by atoms with Gasteiger partial charge in [-0.3, -0.25) is 4.79 Å². The Morgan fingerprint density at radius 1 is 1.18 bits per heavy atom. The topological polar surface area (TPSA) is 79.3 Å². The van der Waals surface area contributed by atoms with Crippen LogP contribution in [-0.2, 0) is 9.53 Å². The van der Waals surface area contributed by atoms with E-state index in [1.807, 2.05) is 0 Å². The fraction of sp³-hybridized carbons (Fsp3) is 0.400. The van der Waals surface area contributed by atoms with Crippen LogP contribution in [-0.4, -0.2) is 60.7 Å². The Morgan fingerprint density at radius 3 is 2.45 bits per heavy atom. The van der Waals surface area contributed by atoms with Gasteiger partial charge >= 0.3 is 6.09 Å². The quantitative estimate of drug-likeness (QED) is 0.627. The molecule has 0 N–H and O–H groups in total. The van der Waals surface area contributed by atoms with E-state index in [1.165, 1.54) is 6.08 Å². The molecule has 2 amide bonds. The zero-order chi connectivity index (χ0) is 15.9. The van der Waals surface area contributed by atoms with Crippen LogP contribution in [0.15, 0.2) is 29.3 Å². The molecule has 1 fully saturated rings. The van der Waals surface area contributed by atoms with Gasteiger partial charge in [-0.15, -0.1) is 0 Å². The lowest BCUT2D eigenvalue weighted by Gasteiger charge is -2.34. The maximum atomic E-state index is 12.5. The summed E-state index contributed by atoms with van der Waals surface area (Å²) in [6.07, 6.45) is 1.09. The molecular formula is C15H17N3O4. The van der Waals surface area contributed by atoms with Crippen LogP contribution in [0.1, 0.15) is 17.3 Å². The van der Waals surface area contributed by atoms with Crippen LogP contribution in [0, 0.1) is 0 Å². The summed E-state index contributed by atoms with van der Waals surface area (Å²) in [4.78, 5) is 41.3. The van der Waals surface area contributed by atoms with E-state index in [0.717, 1.165) is 0 Å². The Kier molecular flexibility index (Phi) is 5.27. The molecule has 1 aromatic carbocycles. The van der Waals surface area contributed by atoms with Crippen molar-refractivity contribution >= 4 is 23.8 Å². The van der Waals surface area contributed by atoms with Crippen molar-refractivity contribution in [3.63, 3.8) is 0 Å². The summed E-state index contributed by atoms with van der Waals surface area (Å²) < 4.78 is 4.94. The van der Waals surface area contributed by atoms with E-state index in [1.54, 1.807) is 41.0 Å². The third kappa shape index (κ3) is 3.51. The molecule has 0 saturated carbocycles. The number of para-hydroxylation sites is 1. The van der Waals surface area contributed by atoms with Gasteiger partial charge in [-0.25, -0.2) is 9.59 Å². The first kappa shape index (κ1) is 15.7. The van der Waals surface area contributed by atoms with Crippen LogP contribution in [0.5, 0.6) is 0 Å².